The summed E-state index contributed by atoms with van der Waals surface area (Å²) in [5, 5.41) is -0.397. The first-order chi connectivity index (χ1) is 20.7. The Morgan fingerprint density at radius 2 is 1.12 bits per heavy atom. The van der Waals surface area contributed by atoms with Crippen molar-refractivity contribution in [3.05, 3.63) is 138 Å². The van der Waals surface area contributed by atoms with Crippen LogP contribution in [-0.4, -0.2) is 57.0 Å². The van der Waals surface area contributed by atoms with Crippen molar-refractivity contribution in [1.82, 2.24) is 0 Å². The average Bonchev–Trinajstić information content (AvgIpc) is 3.02. The first kappa shape index (κ1) is 30.2. The van der Waals surface area contributed by atoms with Crippen LogP contribution in [0.2, 0.25) is 0 Å². The summed E-state index contributed by atoms with van der Waals surface area (Å²) in [6.07, 6.45) is -2.22. The third-order valence-electron chi connectivity index (χ3n) is 6.85. The van der Waals surface area contributed by atoms with Crippen LogP contribution >= 0.6 is 0 Å². The fraction of sp³-hybridized carbons (Fsp3) is 0.286. The van der Waals surface area contributed by atoms with Gasteiger partial charge in [-0.25, -0.2) is 0 Å². The van der Waals surface area contributed by atoms with Gasteiger partial charge in [0.25, 0.3) is 0 Å². The second-order valence-corrected chi connectivity index (χ2v) is 12.5. The molecule has 0 bridgehead atoms. The minimum absolute atomic E-state index is 0.169. The van der Waals surface area contributed by atoms with Gasteiger partial charge in [-0.2, -0.15) is 0 Å². The number of rotatable bonds is 13. The van der Waals surface area contributed by atoms with Gasteiger partial charge >= 0.3 is 255 Å². The molecule has 1 aliphatic heterocycles. The standard InChI is InChI=1S/C35H36O6Se/c1-26(36)40-34-33(39-24-29-18-10-4-11-19-29)32(38-23-28-16-8-3-9-17-28)31(25-37-22-27-14-6-2-7-15-27)41-35(34)42-30-20-12-5-13-21-30/h2-21,31-35H,22-25H2,1H3/t31-,32+,33+,34-,35+/m1/s1. The molecule has 0 N–H and O–H groups in total. The third-order valence-corrected chi connectivity index (χ3v) is 9.28. The van der Waals surface area contributed by atoms with Crippen LogP contribution in [0.4, 0.5) is 0 Å². The molecule has 5 atom stereocenters. The number of ether oxygens (including phenoxy) is 5. The van der Waals surface area contributed by atoms with Crippen molar-refractivity contribution in [2.45, 2.75) is 56.2 Å². The number of esters is 1. The van der Waals surface area contributed by atoms with Gasteiger partial charge < -0.3 is 0 Å². The molecule has 0 aliphatic carbocycles. The number of carbonyl (C=O) groups excluding carboxylic acids is 1. The molecule has 4 aromatic carbocycles. The Balaban J connectivity index is 1.44. The molecule has 6 nitrogen and oxygen atoms in total. The first-order valence-corrected chi connectivity index (χ1v) is 16.0. The van der Waals surface area contributed by atoms with Crippen LogP contribution in [-0.2, 0) is 48.3 Å². The average molecular weight is 632 g/mol. The van der Waals surface area contributed by atoms with Crippen LogP contribution in [0.15, 0.2) is 121 Å². The van der Waals surface area contributed by atoms with Crippen LogP contribution in [0.1, 0.15) is 23.6 Å². The zero-order valence-corrected chi connectivity index (χ0v) is 25.3. The molecule has 1 heterocycles. The van der Waals surface area contributed by atoms with Crippen molar-refractivity contribution >= 4 is 25.4 Å². The Labute approximate surface area is 254 Å². The van der Waals surface area contributed by atoms with Crippen molar-refractivity contribution in [1.29, 1.82) is 0 Å². The zero-order chi connectivity index (χ0) is 29.0. The van der Waals surface area contributed by atoms with Crippen LogP contribution in [0.3, 0.4) is 0 Å². The fourth-order valence-electron chi connectivity index (χ4n) is 4.85. The predicted molar refractivity (Wildman–Crippen MR) is 162 cm³/mol. The van der Waals surface area contributed by atoms with E-state index in [4.69, 9.17) is 23.7 Å². The Hall–Kier alpha value is -3.29. The molecule has 218 valence electrons. The van der Waals surface area contributed by atoms with Gasteiger partial charge in [0.15, 0.2) is 0 Å². The van der Waals surface area contributed by atoms with Gasteiger partial charge in [-0.3, -0.25) is 0 Å². The second kappa shape index (κ2) is 15.8. The number of hydrogen-bond acceptors (Lipinski definition) is 6. The maximum atomic E-state index is 12.4. The Bertz CT molecular complexity index is 1340. The summed E-state index contributed by atoms with van der Waals surface area (Å²) in [5.41, 5.74) is 3.13. The van der Waals surface area contributed by atoms with E-state index < -0.39 is 29.4 Å². The van der Waals surface area contributed by atoms with Gasteiger partial charge in [0.2, 0.25) is 0 Å². The van der Waals surface area contributed by atoms with Gasteiger partial charge in [-0.05, 0) is 0 Å². The quantitative estimate of drug-likeness (QED) is 0.152. The van der Waals surface area contributed by atoms with Gasteiger partial charge in [-0.1, -0.05) is 0 Å². The topological polar surface area (TPSA) is 63.2 Å². The molecule has 0 unspecified atom stereocenters. The number of benzene rings is 4. The molecule has 0 aromatic heterocycles. The van der Waals surface area contributed by atoms with Crippen LogP contribution in [0, 0.1) is 0 Å². The predicted octanol–water partition coefficient (Wildman–Crippen LogP) is 5.06. The summed E-state index contributed by atoms with van der Waals surface area (Å²) in [6, 6.07) is 40.2. The fourth-order valence-corrected chi connectivity index (χ4v) is 7.21. The zero-order valence-electron chi connectivity index (χ0n) is 23.6. The van der Waals surface area contributed by atoms with Crippen LogP contribution in [0.25, 0.3) is 0 Å². The van der Waals surface area contributed by atoms with E-state index in [1.54, 1.807) is 0 Å². The third kappa shape index (κ3) is 8.85. The monoisotopic (exact) mass is 632 g/mol. The molecule has 0 radical (unpaired) electrons. The Kier molecular flexibility index (Phi) is 11.4. The molecule has 1 aliphatic rings. The van der Waals surface area contributed by atoms with E-state index in [1.807, 2.05) is 109 Å². The first-order valence-electron chi connectivity index (χ1n) is 14.1. The van der Waals surface area contributed by atoms with Crippen molar-refractivity contribution in [2.24, 2.45) is 0 Å². The summed E-state index contributed by atoms with van der Waals surface area (Å²) < 4.78 is 33.3. The maximum absolute atomic E-state index is 12.4. The molecule has 1 saturated heterocycles. The summed E-state index contributed by atoms with van der Waals surface area (Å²) >= 11 is -0.169. The Morgan fingerprint density at radius 3 is 1.64 bits per heavy atom. The van der Waals surface area contributed by atoms with Gasteiger partial charge in [0.05, 0.1) is 0 Å². The molecule has 4 aromatic rings. The van der Waals surface area contributed by atoms with Crippen molar-refractivity contribution in [3.8, 4) is 0 Å². The van der Waals surface area contributed by atoms with Crippen LogP contribution < -0.4 is 4.46 Å². The van der Waals surface area contributed by atoms with E-state index >= 15 is 0 Å². The molecule has 0 amide bonds. The van der Waals surface area contributed by atoms with E-state index in [9.17, 15) is 4.79 Å². The molecular formula is C35H36O6Se. The van der Waals surface area contributed by atoms with E-state index in [2.05, 4.69) is 12.1 Å². The summed E-state index contributed by atoms with van der Waals surface area (Å²) in [5.74, 6) is -0.383. The van der Waals surface area contributed by atoms with Crippen molar-refractivity contribution in [3.63, 3.8) is 0 Å². The van der Waals surface area contributed by atoms with Crippen LogP contribution in [0.5, 0.6) is 0 Å². The number of carbonyl (C=O) groups is 1. The van der Waals surface area contributed by atoms with E-state index in [1.165, 1.54) is 6.92 Å². The van der Waals surface area contributed by atoms with Gasteiger partial charge in [0, 0.05) is 0 Å². The molecule has 7 heteroatoms. The minimum atomic E-state index is -0.655. The summed E-state index contributed by atoms with van der Waals surface area (Å²) in [6.45, 7) is 2.88. The molecule has 42 heavy (non-hydrogen) atoms. The van der Waals surface area contributed by atoms with Crippen molar-refractivity contribution in [2.75, 3.05) is 6.61 Å². The van der Waals surface area contributed by atoms with E-state index in [0.29, 0.717) is 26.4 Å². The summed E-state index contributed by atoms with van der Waals surface area (Å²) in [7, 11) is 0. The molecule has 1 fully saturated rings. The molecule has 5 rings (SSSR count). The SMILES string of the molecule is CC(=O)O[C@@H]1[C@@H](OCc2ccccc2)[C@@H](OCc2ccccc2)[C@@H](COCc2ccccc2)O[C@H]1[Se]c1ccccc1. The summed E-state index contributed by atoms with van der Waals surface area (Å²) in [4.78, 5) is 12.4. The Morgan fingerprint density at radius 1 is 0.643 bits per heavy atom. The van der Waals surface area contributed by atoms with Gasteiger partial charge in [-0.15, -0.1) is 0 Å². The molecule has 0 saturated carbocycles. The molecular weight excluding hydrogens is 595 g/mol. The molecule has 0 spiro atoms. The normalized spacial score (nSPS) is 22.0. The second-order valence-electron chi connectivity index (χ2n) is 10.1. The number of hydrogen-bond donors (Lipinski definition) is 0. The van der Waals surface area contributed by atoms with E-state index in [-0.39, 0.29) is 20.9 Å². The van der Waals surface area contributed by atoms with E-state index in [0.717, 1.165) is 21.2 Å². The van der Waals surface area contributed by atoms with Crippen molar-refractivity contribution < 1.29 is 28.5 Å². The van der Waals surface area contributed by atoms with Gasteiger partial charge in [0.1, 0.15) is 0 Å².